The third-order valence-electron chi connectivity index (χ3n) is 6.91. The van der Waals surface area contributed by atoms with Crippen LogP contribution in [0.5, 0.6) is 0 Å². The average molecular weight is 390 g/mol. The van der Waals surface area contributed by atoms with E-state index in [2.05, 4.69) is 59.6 Å². The minimum absolute atomic E-state index is 0.00953. The molecule has 2 aromatic carbocycles. The number of para-hydroxylation sites is 1. The summed E-state index contributed by atoms with van der Waals surface area (Å²) in [6, 6.07) is 16.4. The molecule has 2 heterocycles. The van der Waals surface area contributed by atoms with Crippen LogP contribution in [0.4, 0.5) is 10.5 Å². The van der Waals surface area contributed by atoms with E-state index in [9.17, 15) is 4.79 Å². The van der Waals surface area contributed by atoms with E-state index in [1.165, 1.54) is 12.0 Å². The van der Waals surface area contributed by atoms with Crippen LogP contribution in [0.15, 0.2) is 59.3 Å². The number of amides is 2. The molecule has 0 unspecified atom stereocenters. The van der Waals surface area contributed by atoms with Gasteiger partial charge in [-0.1, -0.05) is 36.4 Å². The zero-order valence-electron chi connectivity index (χ0n) is 16.9. The highest BCUT2D eigenvalue weighted by atomic mass is 16.3. The number of benzene rings is 2. The Kier molecular flexibility index (Phi) is 4.13. The molecule has 1 aliphatic carbocycles. The second kappa shape index (κ2) is 6.59. The number of nitrogens with zero attached hydrogens (tertiary/aromatic N) is 3. The largest absolute Gasteiger partial charge is 0.441 e. The van der Waals surface area contributed by atoms with Crippen molar-refractivity contribution >= 4 is 22.8 Å². The van der Waals surface area contributed by atoms with Gasteiger partial charge in [0.1, 0.15) is 5.52 Å². The van der Waals surface area contributed by atoms with Crippen LogP contribution in [0.2, 0.25) is 0 Å². The summed E-state index contributed by atoms with van der Waals surface area (Å²) in [6.07, 6.45) is 5.32. The molecule has 1 saturated heterocycles. The number of rotatable bonds is 3. The van der Waals surface area contributed by atoms with Gasteiger partial charge in [0.05, 0.1) is 17.8 Å². The Labute approximate surface area is 170 Å². The summed E-state index contributed by atoms with van der Waals surface area (Å²) in [4.78, 5) is 21.3. The lowest BCUT2D eigenvalue weighted by atomic mass is 9.69. The number of oxazole rings is 1. The fraction of sp³-hybridized carbons (Fsp3) is 0.391. The van der Waals surface area contributed by atoms with Gasteiger partial charge in [-0.15, -0.1) is 0 Å². The van der Waals surface area contributed by atoms with Gasteiger partial charge >= 0.3 is 6.03 Å². The molecule has 6 nitrogen and oxygen atoms in total. The van der Waals surface area contributed by atoms with E-state index >= 15 is 0 Å². The van der Waals surface area contributed by atoms with E-state index in [1.807, 2.05) is 23.1 Å². The van der Waals surface area contributed by atoms with Crippen molar-refractivity contribution in [1.82, 2.24) is 15.2 Å². The Morgan fingerprint density at radius 1 is 1.03 bits per heavy atom. The Hall–Kier alpha value is -2.86. The maximum Gasteiger partial charge on any atom is 0.322 e. The van der Waals surface area contributed by atoms with Gasteiger partial charge in [-0.05, 0) is 57.5 Å². The minimum atomic E-state index is -0.201. The Morgan fingerprint density at radius 3 is 2.52 bits per heavy atom. The average Bonchev–Trinajstić information content (AvgIpc) is 3.34. The molecule has 2 amide bonds. The molecule has 1 saturated carbocycles. The van der Waals surface area contributed by atoms with Crippen LogP contribution in [0, 0.1) is 0 Å². The van der Waals surface area contributed by atoms with E-state index in [-0.39, 0.29) is 17.1 Å². The van der Waals surface area contributed by atoms with Crippen molar-refractivity contribution in [2.24, 2.45) is 0 Å². The molecule has 2 fully saturated rings. The normalized spacial score (nSPS) is 27.1. The molecule has 3 aromatic rings. The topological polar surface area (TPSA) is 61.6 Å². The summed E-state index contributed by atoms with van der Waals surface area (Å²) in [5, 5.41) is 3.31. The third-order valence-corrected chi connectivity index (χ3v) is 6.91. The van der Waals surface area contributed by atoms with Gasteiger partial charge < -0.3 is 9.73 Å². The van der Waals surface area contributed by atoms with Gasteiger partial charge in [0.25, 0.3) is 0 Å². The highest BCUT2D eigenvalue weighted by molar-refractivity contribution is 6.01. The highest BCUT2D eigenvalue weighted by Crippen LogP contribution is 2.46. The maximum atomic E-state index is 12.9. The molecule has 1 aromatic heterocycles. The summed E-state index contributed by atoms with van der Waals surface area (Å²) in [5.41, 5.74) is 3.40. The number of aromatic nitrogens is 1. The van der Waals surface area contributed by atoms with Crippen LogP contribution >= 0.6 is 0 Å². The van der Waals surface area contributed by atoms with Crippen molar-refractivity contribution in [3.63, 3.8) is 0 Å². The first-order valence-electron chi connectivity index (χ1n) is 10.2. The number of hydrogen-bond donors (Lipinski definition) is 1. The van der Waals surface area contributed by atoms with Crippen LogP contribution in [0.1, 0.15) is 31.2 Å². The van der Waals surface area contributed by atoms with Crippen molar-refractivity contribution < 1.29 is 9.21 Å². The number of nitrogens with one attached hydrogen (secondary N) is 1. The van der Waals surface area contributed by atoms with Crippen molar-refractivity contribution in [2.45, 2.75) is 36.8 Å². The molecule has 2 aliphatic rings. The first-order chi connectivity index (χ1) is 14.0. The van der Waals surface area contributed by atoms with Gasteiger partial charge in [-0.2, -0.15) is 0 Å². The summed E-state index contributed by atoms with van der Waals surface area (Å²) in [6.45, 7) is 0.657. The van der Waals surface area contributed by atoms with Crippen LogP contribution in [-0.2, 0) is 5.54 Å². The Balaban J connectivity index is 1.41. The number of fused-ring (bicyclic) bond motifs is 1. The minimum Gasteiger partial charge on any atom is -0.441 e. The van der Waals surface area contributed by atoms with Gasteiger partial charge in [0, 0.05) is 5.54 Å². The zero-order chi connectivity index (χ0) is 20.1. The summed E-state index contributed by atoms with van der Waals surface area (Å²) in [7, 11) is 4.32. The molecule has 1 N–H and O–H groups in total. The first kappa shape index (κ1) is 18.2. The Morgan fingerprint density at radius 2 is 1.79 bits per heavy atom. The monoisotopic (exact) mass is 390 g/mol. The fourth-order valence-corrected chi connectivity index (χ4v) is 5.15. The lowest BCUT2D eigenvalue weighted by Gasteiger charge is -2.48. The van der Waals surface area contributed by atoms with E-state index in [0.29, 0.717) is 12.1 Å². The molecule has 5 rings (SSSR count). The molecule has 6 heteroatoms. The number of anilines is 1. The first-order valence-corrected chi connectivity index (χ1v) is 10.2. The summed E-state index contributed by atoms with van der Waals surface area (Å²) in [5.74, 6) is 0. The zero-order valence-corrected chi connectivity index (χ0v) is 16.9. The number of hydrogen-bond acceptors (Lipinski definition) is 4. The molecule has 0 radical (unpaired) electrons. The van der Waals surface area contributed by atoms with Crippen molar-refractivity contribution in [2.75, 3.05) is 25.5 Å². The summed E-state index contributed by atoms with van der Waals surface area (Å²) < 4.78 is 5.57. The number of carbonyl (C=O) groups is 1. The SMILES string of the molecule is CN(C)[C@]1(c2ccccc2)CC[C@]2(CC1)CN(c1cccc3ncoc13)C(=O)N2. The highest BCUT2D eigenvalue weighted by Gasteiger charge is 2.50. The molecule has 0 atom stereocenters. The molecule has 1 aliphatic heterocycles. The molecule has 29 heavy (non-hydrogen) atoms. The summed E-state index contributed by atoms with van der Waals surface area (Å²) >= 11 is 0. The van der Waals surface area contributed by atoms with Crippen molar-refractivity contribution in [1.29, 1.82) is 0 Å². The standard InChI is InChI=1S/C23H26N4O2/c1-26(2)23(17-7-4-3-5-8-17)13-11-22(12-14-23)15-27(21(28)25-22)19-10-6-9-18-20(19)29-16-24-18/h3-10,16H,11-15H2,1-2H3,(H,25,28)/t22-,23+. The Bertz CT molecular complexity index is 1040. The van der Waals surface area contributed by atoms with Crippen LogP contribution in [-0.4, -0.2) is 42.1 Å². The second-order valence-electron chi connectivity index (χ2n) is 8.57. The van der Waals surface area contributed by atoms with Gasteiger partial charge in [0.15, 0.2) is 12.0 Å². The van der Waals surface area contributed by atoms with Crippen molar-refractivity contribution in [3.05, 3.63) is 60.5 Å². The van der Waals surface area contributed by atoms with Crippen molar-refractivity contribution in [3.8, 4) is 0 Å². The number of urea groups is 1. The predicted octanol–water partition coefficient (Wildman–Crippen LogP) is 4.13. The predicted molar refractivity (Wildman–Crippen MR) is 113 cm³/mol. The smallest absolute Gasteiger partial charge is 0.322 e. The lowest BCUT2D eigenvalue weighted by molar-refractivity contribution is 0.0658. The second-order valence-corrected chi connectivity index (χ2v) is 8.57. The van der Waals surface area contributed by atoms with Gasteiger partial charge in [0.2, 0.25) is 0 Å². The van der Waals surface area contributed by atoms with Gasteiger partial charge in [-0.25, -0.2) is 9.78 Å². The van der Waals surface area contributed by atoms with E-state index < -0.39 is 0 Å². The molecule has 150 valence electrons. The maximum absolute atomic E-state index is 12.9. The van der Waals surface area contributed by atoms with E-state index in [1.54, 1.807) is 0 Å². The van der Waals surface area contributed by atoms with Crippen LogP contribution < -0.4 is 10.2 Å². The fourth-order valence-electron chi connectivity index (χ4n) is 5.15. The molecule has 1 spiro atoms. The third kappa shape index (κ3) is 2.82. The molecular weight excluding hydrogens is 364 g/mol. The number of carbonyl (C=O) groups excluding carboxylic acids is 1. The lowest BCUT2D eigenvalue weighted by Crippen LogP contribution is -2.54. The molecular formula is C23H26N4O2. The van der Waals surface area contributed by atoms with E-state index in [4.69, 9.17) is 4.42 Å². The van der Waals surface area contributed by atoms with Crippen LogP contribution in [0.25, 0.3) is 11.1 Å². The quantitative estimate of drug-likeness (QED) is 0.731. The van der Waals surface area contributed by atoms with Gasteiger partial charge in [-0.3, -0.25) is 9.80 Å². The van der Waals surface area contributed by atoms with E-state index in [0.717, 1.165) is 36.9 Å². The molecule has 0 bridgehead atoms. The van der Waals surface area contributed by atoms with Crippen LogP contribution in [0.3, 0.4) is 0 Å².